The number of hydrogen-bond donors (Lipinski definition) is 0. The Morgan fingerprint density at radius 1 is 0.600 bits per heavy atom. The van der Waals surface area contributed by atoms with Crippen LogP contribution in [-0.2, 0) is 27.7 Å². The Morgan fingerprint density at radius 3 is 1.04 bits per heavy atom. The van der Waals surface area contributed by atoms with Crippen molar-refractivity contribution in [1.29, 1.82) is 0 Å². The molecule has 2 aromatic carbocycles. The van der Waals surface area contributed by atoms with Crippen LogP contribution in [0.2, 0.25) is 0 Å². The summed E-state index contributed by atoms with van der Waals surface area (Å²) in [5, 5.41) is 21.4. The Kier molecular flexibility index (Phi) is 9.05. The summed E-state index contributed by atoms with van der Waals surface area (Å²) >= 11 is 0. The Labute approximate surface area is 169 Å². The topological polar surface area (TPSA) is 80.3 Å². The van der Waals surface area contributed by atoms with Crippen molar-refractivity contribution in [3.05, 3.63) is 68.8 Å². The van der Waals surface area contributed by atoms with Gasteiger partial charge in [0.2, 0.25) is 0 Å². The molecule has 2 aromatic rings. The van der Waals surface area contributed by atoms with E-state index < -0.39 is 11.9 Å². The zero-order valence-electron chi connectivity index (χ0n) is 15.6. The summed E-state index contributed by atoms with van der Waals surface area (Å²) in [4.78, 5) is 21.4. The molecule has 0 unspecified atom stereocenters. The molecular formula is C20H22HgO4. The van der Waals surface area contributed by atoms with Crippen LogP contribution >= 0.6 is 0 Å². The summed E-state index contributed by atoms with van der Waals surface area (Å²) in [5.41, 5.74) is 5.76. The molecule has 0 fully saturated rings. The summed E-state index contributed by atoms with van der Waals surface area (Å²) in [7, 11) is 0. The van der Waals surface area contributed by atoms with Gasteiger partial charge in [-0.1, -0.05) is 24.3 Å². The Morgan fingerprint density at radius 2 is 0.840 bits per heavy atom. The first-order valence-corrected chi connectivity index (χ1v) is 7.64. The molecule has 25 heavy (non-hydrogen) atoms. The summed E-state index contributed by atoms with van der Waals surface area (Å²) in [6.07, 6.45) is 0. The van der Waals surface area contributed by atoms with Gasteiger partial charge in [-0.3, -0.25) is 0 Å². The third-order valence-corrected chi connectivity index (χ3v) is 4.30. The van der Waals surface area contributed by atoms with Crippen molar-refractivity contribution in [1.82, 2.24) is 0 Å². The minimum Gasteiger partial charge on any atom is -0.545 e. The van der Waals surface area contributed by atoms with Gasteiger partial charge in [-0.2, -0.15) is 0 Å². The van der Waals surface area contributed by atoms with E-state index >= 15 is 0 Å². The molecule has 0 amide bonds. The van der Waals surface area contributed by atoms with Crippen molar-refractivity contribution in [2.45, 2.75) is 41.5 Å². The SMILES string of the molecule is Cc1ccc(C)c(C(=O)[O-])c1C.Cc1ccc(C)c(C(=O)[O-])c1C.[Hg+2]. The minimum atomic E-state index is -1.09. The number of aryl methyl sites for hydroxylation is 4. The number of aromatic carboxylic acids is 2. The van der Waals surface area contributed by atoms with Crippen LogP contribution in [0.1, 0.15) is 54.1 Å². The van der Waals surface area contributed by atoms with Gasteiger partial charge in [-0.25, -0.2) is 0 Å². The van der Waals surface area contributed by atoms with Crippen LogP contribution in [0.15, 0.2) is 24.3 Å². The van der Waals surface area contributed by atoms with Crippen LogP contribution in [0.4, 0.5) is 0 Å². The van der Waals surface area contributed by atoms with Gasteiger partial charge in [0.1, 0.15) is 0 Å². The largest absolute Gasteiger partial charge is 2.00 e. The van der Waals surface area contributed by atoms with Gasteiger partial charge >= 0.3 is 27.7 Å². The molecular weight excluding hydrogens is 505 g/mol. The van der Waals surface area contributed by atoms with Gasteiger partial charge in [0.25, 0.3) is 0 Å². The van der Waals surface area contributed by atoms with E-state index in [-0.39, 0.29) is 27.7 Å². The van der Waals surface area contributed by atoms with E-state index in [4.69, 9.17) is 0 Å². The first-order valence-electron chi connectivity index (χ1n) is 7.64. The fraction of sp³-hybridized carbons (Fsp3) is 0.300. The molecule has 0 aliphatic rings. The van der Waals surface area contributed by atoms with Gasteiger partial charge in [-0.05, 0) is 74.9 Å². The Hall–Kier alpha value is -1.68. The summed E-state index contributed by atoms with van der Waals surface area (Å²) in [6.45, 7) is 10.9. The van der Waals surface area contributed by atoms with Gasteiger partial charge in [-0.15, -0.1) is 0 Å². The smallest absolute Gasteiger partial charge is 0.545 e. The second kappa shape index (κ2) is 9.71. The third kappa shape index (κ3) is 5.67. The molecule has 4 nitrogen and oxygen atoms in total. The number of carbonyl (C=O) groups is 2. The van der Waals surface area contributed by atoms with Crippen LogP contribution in [0, 0.1) is 41.5 Å². The van der Waals surface area contributed by atoms with Crippen LogP contribution in [-0.4, -0.2) is 11.9 Å². The minimum absolute atomic E-state index is 0. The maximum atomic E-state index is 10.7. The molecule has 2 rings (SSSR count). The van der Waals surface area contributed by atoms with E-state index in [9.17, 15) is 19.8 Å². The Balaban J connectivity index is 0.000000443. The maximum Gasteiger partial charge on any atom is 2.00 e. The van der Waals surface area contributed by atoms with Crippen molar-refractivity contribution in [2.24, 2.45) is 0 Å². The van der Waals surface area contributed by atoms with Gasteiger partial charge in [0.05, 0.1) is 11.9 Å². The van der Waals surface area contributed by atoms with Crippen molar-refractivity contribution < 1.29 is 47.5 Å². The standard InChI is InChI=1S/2C10H12O2.Hg/c2*1-6-4-5-7(2)9(8(6)3)10(11)12;/h2*4-5H,1-3H3,(H,11,12);/q;;+2/p-2. The molecule has 5 heteroatoms. The quantitative estimate of drug-likeness (QED) is 0.560. The number of hydrogen-bond acceptors (Lipinski definition) is 4. The summed E-state index contributed by atoms with van der Waals surface area (Å²) in [5.74, 6) is -2.18. The van der Waals surface area contributed by atoms with Crippen molar-refractivity contribution >= 4 is 11.9 Å². The molecule has 0 aromatic heterocycles. The zero-order valence-corrected chi connectivity index (χ0v) is 21.1. The predicted octanol–water partition coefficient (Wildman–Crippen LogP) is 1.95. The Bertz CT molecular complexity index is 727. The molecule has 0 bridgehead atoms. The fourth-order valence-electron chi connectivity index (χ4n) is 2.53. The average Bonchev–Trinajstić information content (AvgIpc) is 2.48. The second-order valence-electron chi connectivity index (χ2n) is 5.97. The molecule has 0 heterocycles. The van der Waals surface area contributed by atoms with E-state index in [2.05, 4.69) is 0 Å². The number of carboxylic acids is 2. The monoisotopic (exact) mass is 528 g/mol. The van der Waals surface area contributed by atoms with Gasteiger partial charge in [0.15, 0.2) is 0 Å². The first kappa shape index (κ1) is 23.3. The number of carbonyl (C=O) groups excluding carboxylic acids is 2. The second-order valence-corrected chi connectivity index (χ2v) is 5.97. The normalized spacial score (nSPS) is 9.52. The van der Waals surface area contributed by atoms with Crippen LogP contribution in [0.5, 0.6) is 0 Å². The number of rotatable bonds is 2. The molecule has 0 saturated carbocycles. The molecule has 0 saturated heterocycles. The van der Waals surface area contributed by atoms with Crippen LogP contribution < -0.4 is 10.2 Å². The van der Waals surface area contributed by atoms with Crippen molar-refractivity contribution in [2.75, 3.05) is 0 Å². The first-order chi connectivity index (χ1) is 11.1. The number of benzene rings is 2. The maximum absolute atomic E-state index is 10.7. The molecule has 0 atom stereocenters. The average molecular weight is 527 g/mol. The molecule has 0 radical (unpaired) electrons. The molecule has 128 valence electrons. The van der Waals surface area contributed by atoms with E-state index in [1.54, 1.807) is 39.8 Å². The van der Waals surface area contributed by atoms with Crippen molar-refractivity contribution in [3.63, 3.8) is 0 Å². The van der Waals surface area contributed by atoms with Crippen LogP contribution in [0.25, 0.3) is 0 Å². The van der Waals surface area contributed by atoms with Crippen molar-refractivity contribution in [3.8, 4) is 0 Å². The molecule has 0 N–H and O–H groups in total. The van der Waals surface area contributed by atoms with E-state index in [1.807, 2.05) is 26.0 Å². The molecule has 0 spiro atoms. The van der Waals surface area contributed by atoms with E-state index in [0.29, 0.717) is 11.1 Å². The fourth-order valence-corrected chi connectivity index (χ4v) is 2.53. The van der Waals surface area contributed by atoms with E-state index in [0.717, 1.165) is 33.4 Å². The van der Waals surface area contributed by atoms with Gasteiger partial charge < -0.3 is 19.8 Å². The zero-order chi connectivity index (χ0) is 18.6. The van der Waals surface area contributed by atoms with Gasteiger partial charge in [0, 0.05) is 11.1 Å². The number of carboxylic acid groups (broad SMARTS) is 2. The summed E-state index contributed by atoms with van der Waals surface area (Å²) < 4.78 is 0. The molecule has 0 aliphatic heterocycles. The summed E-state index contributed by atoms with van der Waals surface area (Å²) in [6, 6.07) is 7.43. The van der Waals surface area contributed by atoms with E-state index in [1.165, 1.54) is 0 Å². The third-order valence-electron chi connectivity index (χ3n) is 4.30. The van der Waals surface area contributed by atoms with Crippen LogP contribution in [0.3, 0.4) is 0 Å². The molecule has 0 aliphatic carbocycles. The predicted molar refractivity (Wildman–Crippen MR) is 90.0 cm³/mol.